The van der Waals surface area contributed by atoms with Gasteiger partial charge >= 0.3 is 5.97 Å². The zero-order chi connectivity index (χ0) is 15.5. The van der Waals surface area contributed by atoms with E-state index in [1.165, 1.54) is 30.4 Å². The van der Waals surface area contributed by atoms with E-state index >= 15 is 0 Å². The summed E-state index contributed by atoms with van der Waals surface area (Å²) in [5.74, 6) is -1.32. The molecule has 110 valence electrons. The third kappa shape index (κ3) is 3.65. The van der Waals surface area contributed by atoms with E-state index in [4.69, 9.17) is 5.11 Å². The van der Waals surface area contributed by atoms with Gasteiger partial charge < -0.3 is 10.4 Å². The molecule has 21 heavy (non-hydrogen) atoms. The minimum atomic E-state index is -0.898. The van der Waals surface area contributed by atoms with Crippen LogP contribution in [0.4, 0.5) is 5.69 Å². The van der Waals surface area contributed by atoms with Crippen molar-refractivity contribution >= 4 is 23.6 Å². The molecule has 2 rings (SSSR count). The minimum absolute atomic E-state index is 0.0552. The van der Waals surface area contributed by atoms with E-state index in [9.17, 15) is 19.7 Å². The summed E-state index contributed by atoms with van der Waals surface area (Å²) in [4.78, 5) is 32.7. The van der Waals surface area contributed by atoms with Gasteiger partial charge in [0.05, 0.1) is 10.3 Å². The Balaban J connectivity index is 1.92. The summed E-state index contributed by atoms with van der Waals surface area (Å²) in [6.07, 6.45) is 3.81. The van der Waals surface area contributed by atoms with E-state index in [1.807, 2.05) is 0 Å². The van der Waals surface area contributed by atoms with Gasteiger partial charge in [0.15, 0.2) is 0 Å². The summed E-state index contributed by atoms with van der Waals surface area (Å²) in [5, 5.41) is 22.1. The number of hydrogen-bond donors (Lipinski definition) is 2. The van der Waals surface area contributed by atoms with Gasteiger partial charge in [0, 0.05) is 24.8 Å². The normalized spacial score (nSPS) is 15.6. The highest BCUT2D eigenvalue weighted by molar-refractivity contribution is 5.92. The van der Waals surface area contributed by atoms with E-state index in [0.717, 1.165) is 0 Å². The fraction of sp³-hybridized carbons (Fsp3) is 0.286. The first-order valence-corrected chi connectivity index (χ1v) is 6.37. The van der Waals surface area contributed by atoms with E-state index in [2.05, 4.69) is 5.32 Å². The number of aliphatic carboxylic acids is 1. The lowest BCUT2D eigenvalue weighted by atomic mass is 10.1. The molecule has 1 fully saturated rings. The van der Waals surface area contributed by atoms with Gasteiger partial charge in [-0.2, -0.15) is 0 Å². The molecule has 1 aliphatic carbocycles. The van der Waals surface area contributed by atoms with Gasteiger partial charge in [-0.25, -0.2) is 0 Å². The van der Waals surface area contributed by atoms with Crippen molar-refractivity contribution in [3.05, 3.63) is 46.0 Å². The molecule has 0 aliphatic heterocycles. The van der Waals surface area contributed by atoms with Crippen molar-refractivity contribution in [1.29, 1.82) is 0 Å². The fourth-order valence-corrected chi connectivity index (χ4v) is 1.85. The number of nitro groups is 1. The van der Waals surface area contributed by atoms with Crippen LogP contribution in [0.15, 0.2) is 30.3 Å². The summed E-state index contributed by atoms with van der Waals surface area (Å²) >= 11 is 0. The van der Waals surface area contributed by atoms with Crippen molar-refractivity contribution in [2.75, 3.05) is 6.54 Å². The topological polar surface area (TPSA) is 110 Å². The highest BCUT2D eigenvalue weighted by atomic mass is 16.6. The van der Waals surface area contributed by atoms with Crippen LogP contribution in [0, 0.1) is 15.5 Å². The Labute approximate surface area is 120 Å². The second kappa shape index (κ2) is 5.74. The zero-order valence-corrected chi connectivity index (χ0v) is 11.1. The number of hydrogen-bond acceptors (Lipinski definition) is 4. The van der Waals surface area contributed by atoms with Gasteiger partial charge in [0.2, 0.25) is 5.91 Å². The van der Waals surface area contributed by atoms with E-state index in [-0.39, 0.29) is 12.2 Å². The van der Waals surface area contributed by atoms with Crippen molar-refractivity contribution < 1.29 is 19.6 Å². The number of rotatable bonds is 6. The number of nitro benzene ring substituents is 1. The van der Waals surface area contributed by atoms with Crippen molar-refractivity contribution in [3.63, 3.8) is 0 Å². The van der Waals surface area contributed by atoms with Crippen LogP contribution in [0.3, 0.4) is 0 Å². The Morgan fingerprint density at radius 2 is 2.14 bits per heavy atom. The molecule has 1 aliphatic rings. The third-order valence-corrected chi connectivity index (χ3v) is 3.42. The van der Waals surface area contributed by atoms with Crippen molar-refractivity contribution in [1.82, 2.24) is 5.32 Å². The summed E-state index contributed by atoms with van der Waals surface area (Å²) in [5.41, 5.74) is -0.339. The number of nitrogens with one attached hydrogen (secondary N) is 1. The minimum Gasteiger partial charge on any atom is -0.481 e. The smallest absolute Gasteiger partial charge is 0.311 e. The Hall–Kier alpha value is -2.70. The first kappa shape index (κ1) is 14.7. The van der Waals surface area contributed by atoms with Gasteiger partial charge in [-0.15, -0.1) is 0 Å². The van der Waals surface area contributed by atoms with Gasteiger partial charge in [0.1, 0.15) is 0 Å². The molecule has 0 unspecified atom stereocenters. The molecule has 0 bridgehead atoms. The molecule has 1 aromatic rings. The Kier molecular flexibility index (Phi) is 4.02. The molecule has 0 radical (unpaired) electrons. The van der Waals surface area contributed by atoms with Gasteiger partial charge in [-0.3, -0.25) is 19.7 Å². The summed E-state index contributed by atoms with van der Waals surface area (Å²) in [6, 6.07) is 5.88. The molecule has 0 spiro atoms. The quantitative estimate of drug-likeness (QED) is 0.469. The maximum absolute atomic E-state index is 11.6. The maximum atomic E-state index is 11.6. The molecule has 0 atom stereocenters. The molecule has 0 saturated heterocycles. The number of non-ortho nitro benzene ring substituents is 1. The number of carbonyl (C=O) groups excluding carboxylic acids is 1. The van der Waals surface area contributed by atoms with Crippen LogP contribution >= 0.6 is 0 Å². The second-order valence-corrected chi connectivity index (χ2v) is 4.99. The molecule has 2 N–H and O–H groups in total. The van der Waals surface area contributed by atoms with E-state index in [1.54, 1.807) is 6.07 Å². The number of carboxylic acids is 1. The molecule has 0 aromatic heterocycles. The maximum Gasteiger partial charge on any atom is 0.311 e. The number of amides is 1. The first-order valence-electron chi connectivity index (χ1n) is 6.37. The van der Waals surface area contributed by atoms with Crippen LogP contribution in [-0.2, 0) is 9.59 Å². The Bertz CT molecular complexity index is 620. The molecule has 1 saturated carbocycles. The molecule has 1 aromatic carbocycles. The molecular formula is C14H14N2O5. The van der Waals surface area contributed by atoms with Crippen molar-refractivity contribution in [2.24, 2.45) is 5.41 Å². The molecule has 7 heteroatoms. The van der Waals surface area contributed by atoms with E-state index in [0.29, 0.717) is 18.4 Å². The summed E-state index contributed by atoms with van der Waals surface area (Å²) in [7, 11) is 0. The van der Waals surface area contributed by atoms with Crippen molar-refractivity contribution in [2.45, 2.75) is 12.8 Å². The SMILES string of the molecule is O=C(/C=C/c1cccc([N+](=O)[O-])c1)NCC1(C(=O)O)CC1. The molecule has 7 nitrogen and oxygen atoms in total. The fourth-order valence-electron chi connectivity index (χ4n) is 1.85. The predicted octanol–water partition coefficient (Wildman–Crippen LogP) is 1.59. The average molecular weight is 290 g/mol. The van der Waals surface area contributed by atoms with Gasteiger partial charge in [-0.1, -0.05) is 12.1 Å². The number of benzene rings is 1. The second-order valence-electron chi connectivity index (χ2n) is 4.99. The lowest BCUT2D eigenvalue weighted by molar-refractivity contribution is -0.384. The van der Waals surface area contributed by atoms with Crippen LogP contribution < -0.4 is 5.32 Å². The predicted molar refractivity (Wildman–Crippen MR) is 74.4 cm³/mol. The van der Waals surface area contributed by atoms with E-state index < -0.39 is 22.2 Å². The largest absolute Gasteiger partial charge is 0.481 e. The summed E-state index contributed by atoms with van der Waals surface area (Å²) in [6.45, 7) is 0.0977. The lowest BCUT2D eigenvalue weighted by Crippen LogP contribution is -2.33. The lowest BCUT2D eigenvalue weighted by Gasteiger charge is -2.09. The first-order chi connectivity index (χ1) is 9.93. The molecule has 0 heterocycles. The molecular weight excluding hydrogens is 276 g/mol. The number of carboxylic acid groups (broad SMARTS) is 1. The Morgan fingerprint density at radius 3 is 2.71 bits per heavy atom. The number of carbonyl (C=O) groups is 2. The average Bonchev–Trinajstić information content (AvgIpc) is 3.24. The number of nitrogens with zero attached hydrogens (tertiary/aromatic N) is 1. The Morgan fingerprint density at radius 1 is 1.43 bits per heavy atom. The van der Waals surface area contributed by atoms with Gasteiger partial charge in [-0.05, 0) is 24.5 Å². The van der Waals surface area contributed by atoms with Crippen LogP contribution in [0.25, 0.3) is 6.08 Å². The van der Waals surface area contributed by atoms with Crippen LogP contribution in [0.2, 0.25) is 0 Å². The third-order valence-electron chi connectivity index (χ3n) is 3.42. The summed E-state index contributed by atoms with van der Waals surface area (Å²) < 4.78 is 0. The standard InChI is InChI=1S/C14H14N2O5/c17-12(15-9-14(6-7-14)13(18)19)5-4-10-2-1-3-11(8-10)16(20)21/h1-5,8H,6-7,9H2,(H,15,17)(H,18,19)/b5-4+. The monoisotopic (exact) mass is 290 g/mol. The van der Waals surface area contributed by atoms with Crippen LogP contribution in [-0.4, -0.2) is 28.5 Å². The highest BCUT2D eigenvalue weighted by Gasteiger charge is 2.50. The zero-order valence-electron chi connectivity index (χ0n) is 11.1. The van der Waals surface area contributed by atoms with Crippen LogP contribution in [0.5, 0.6) is 0 Å². The highest BCUT2D eigenvalue weighted by Crippen LogP contribution is 2.45. The van der Waals surface area contributed by atoms with Crippen LogP contribution in [0.1, 0.15) is 18.4 Å². The van der Waals surface area contributed by atoms with Crippen molar-refractivity contribution in [3.8, 4) is 0 Å². The molecule has 1 amide bonds. The van der Waals surface area contributed by atoms with Gasteiger partial charge in [0.25, 0.3) is 5.69 Å².